The van der Waals surface area contributed by atoms with Crippen LogP contribution in [0.2, 0.25) is 0 Å². The van der Waals surface area contributed by atoms with Crippen molar-refractivity contribution in [3.05, 3.63) is 78.0 Å². The van der Waals surface area contributed by atoms with Crippen LogP contribution in [0.25, 0.3) is 11.3 Å². The normalized spacial score (nSPS) is 19.6. The molecule has 0 saturated heterocycles. The molecule has 0 aliphatic heterocycles. The Balaban J connectivity index is 1.32. The first kappa shape index (κ1) is 17.5. The maximum atomic E-state index is 12.6. The zero-order valence-electron chi connectivity index (χ0n) is 15.3. The lowest BCUT2D eigenvalue weighted by atomic mass is 9.78. The van der Waals surface area contributed by atoms with Gasteiger partial charge in [0.25, 0.3) is 5.91 Å². The van der Waals surface area contributed by atoms with Crippen molar-refractivity contribution in [3.63, 3.8) is 0 Å². The first-order valence-corrected chi connectivity index (χ1v) is 9.64. The standard InChI is InChI=1S/C23H24N2O2/c26-23(21-16-25-27-22(21)20-9-5-2-6-10-20)24-15-17-11-13-19(14-12-17)18-7-3-1-4-8-18/h1-10,16-17,19H,11-15H2,(H,24,26). The molecule has 1 fully saturated rings. The fourth-order valence-electron chi connectivity index (χ4n) is 3.96. The molecule has 0 bridgehead atoms. The van der Waals surface area contributed by atoms with Crippen molar-refractivity contribution >= 4 is 5.91 Å². The molecule has 27 heavy (non-hydrogen) atoms. The average molecular weight is 360 g/mol. The number of hydrogen-bond acceptors (Lipinski definition) is 3. The van der Waals surface area contributed by atoms with Crippen LogP contribution in [0.1, 0.15) is 47.5 Å². The number of nitrogens with one attached hydrogen (secondary N) is 1. The minimum absolute atomic E-state index is 0.111. The van der Waals surface area contributed by atoms with Gasteiger partial charge in [-0.25, -0.2) is 0 Å². The van der Waals surface area contributed by atoms with Gasteiger partial charge in [0.05, 0.1) is 6.20 Å². The second-order valence-electron chi connectivity index (χ2n) is 7.27. The van der Waals surface area contributed by atoms with Gasteiger partial charge in [-0.15, -0.1) is 0 Å². The van der Waals surface area contributed by atoms with E-state index in [2.05, 4.69) is 40.8 Å². The van der Waals surface area contributed by atoms with E-state index in [9.17, 15) is 4.79 Å². The zero-order chi connectivity index (χ0) is 18.5. The molecule has 0 radical (unpaired) electrons. The fraction of sp³-hybridized carbons (Fsp3) is 0.304. The molecular formula is C23H24N2O2. The Labute approximate surface area is 159 Å². The summed E-state index contributed by atoms with van der Waals surface area (Å²) < 4.78 is 5.32. The molecule has 4 nitrogen and oxygen atoms in total. The summed E-state index contributed by atoms with van der Waals surface area (Å²) in [5.74, 6) is 1.61. The van der Waals surface area contributed by atoms with E-state index in [-0.39, 0.29) is 5.91 Å². The molecule has 0 atom stereocenters. The summed E-state index contributed by atoms with van der Waals surface area (Å²) in [4.78, 5) is 12.6. The van der Waals surface area contributed by atoms with Gasteiger partial charge in [-0.05, 0) is 43.1 Å². The fourth-order valence-corrected chi connectivity index (χ4v) is 3.96. The number of nitrogens with zero attached hydrogens (tertiary/aromatic N) is 1. The lowest BCUT2D eigenvalue weighted by molar-refractivity contribution is 0.0943. The Kier molecular flexibility index (Phi) is 5.33. The van der Waals surface area contributed by atoms with Crippen molar-refractivity contribution in [1.29, 1.82) is 0 Å². The maximum absolute atomic E-state index is 12.6. The van der Waals surface area contributed by atoms with Crippen LogP contribution in [-0.4, -0.2) is 17.6 Å². The second-order valence-corrected chi connectivity index (χ2v) is 7.27. The van der Waals surface area contributed by atoms with Crippen molar-refractivity contribution in [3.8, 4) is 11.3 Å². The quantitative estimate of drug-likeness (QED) is 0.693. The highest BCUT2D eigenvalue weighted by Crippen LogP contribution is 2.35. The van der Waals surface area contributed by atoms with Crippen LogP contribution >= 0.6 is 0 Å². The zero-order valence-corrected chi connectivity index (χ0v) is 15.3. The minimum atomic E-state index is -0.111. The van der Waals surface area contributed by atoms with Crippen LogP contribution in [-0.2, 0) is 0 Å². The molecule has 4 rings (SSSR count). The Morgan fingerprint density at radius 3 is 2.33 bits per heavy atom. The summed E-state index contributed by atoms with van der Waals surface area (Å²) in [5.41, 5.74) is 2.81. The topological polar surface area (TPSA) is 55.1 Å². The number of benzene rings is 2. The molecule has 3 aromatic rings. The second kappa shape index (κ2) is 8.21. The van der Waals surface area contributed by atoms with E-state index in [1.54, 1.807) is 0 Å². The van der Waals surface area contributed by atoms with Gasteiger partial charge in [0.2, 0.25) is 0 Å². The summed E-state index contributed by atoms with van der Waals surface area (Å²) in [6.45, 7) is 0.708. The van der Waals surface area contributed by atoms with E-state index in [4.69, 9.17) is 4.52 Å². The molecule has 0 unspecified atom stereocenters. The van der Waals surface area contributed by atoms with Crippen LogP contribution in [0.3, 0.4) is 0 Å². The first-order chi connectivity index (χ1) is 13.3. The molecular weight excluding hydrogens is 336 g/mol. The van der Waals surface area contributed by atoms with Crippen LogP contribution in [0.4, 0.5) is 0 Å². The molecule has 1 aliphatic carbocycles. The Morgan fingerprint density at radius 2 is 1.63 bits per heavy atom. The van der Waals surface area contributed by atoms with Gasteiger partial charge < -0.3 is 9.84 Å². The highest BCUT2D eigenvalue weighted by Gasteiger charge is 2.24. The molecule has 1 heterocycles. The Hall–Kier alpha value is -2.88. The number of carbonyl (C=O) groups excluding carboxylic acids is 1. The van der Waals surface area contributed by atoms with Crippen LogP contribution in [0.15, 0.2) is 71.4 Å². The Morgan fingerprint density at radius 1 is 0.963 bits per heavy atom. The van der Waals surface area contributed by atoms with E-state index in [0.717, 1.165) is 18.4 Å². The molecule has 1 saturated carbocycles. The number of aromatic nitrogens is 1. The SMILES string of the molecule is O=C(NCC1CCC(c2ccccc2)CC1)c1cnoc1-c1ccccc1. The molecule has 1 aliphatic rings. The summed E-state index contributed by atoms with van der Waals surface area (Å²) >= 11 is 0. The van der Waals surface area contributed by atoms with E-state index < -0.39 is 0 Å². The average Bonchev–Trinajstić information content (AvgIpc) is 3.24. The monoisotopic (exact) mass is 360 g/mol. The van der Waals surface area contributed by atoms with Gasteiger partial charge in [0, 0.05) is 12.1 Å². The van der Waals surface area contributed by atoms with Crippen molar-refractivity contribution in [2.24, 2.45) is 5.92 Å². The lowest BCUT2D eigenvalue weighted by Gasteiger charge is -2.28. The van der Waals surface area contributed by atoms with E-state index >= 15 is 0 Å². The van der Waals surface area contributed by atoms with E-state index in [1.807, 2.05) is 30.3 Å². The number of rotatable bonds is 5. The third kappa shape index (κ3) is 4.11. The molecule has 1 amide bonds. The van der Waals surface area contributed by atoms with Crippen LogP contribution in [0.5, 0.6) is 0 Å². The molecule has 138 valence electrons. The van der Waals surface area contributed by atoms with Gasteiger partial charge in [-0.2, -0.15) is 0 Å². The summed E-state index contributed by atoms with van der Waals surface area (Å²) in [6, 6.07) is 20.4. The van der Waals surface area contributed by atoms with Gasteiger partial charge >= 0.3 is 0 Å². The highest BCUT2D eigenvalue weighted by molar-refractivity contribution is 5.99. The molecule has 1 N–H and O–H groups in total. The number of amides is 1. The lowest BCUT2D eigenvalue weighted by Crippen LogP contribution is -2.31. The van der Waals surface area contributed by atoms with Crippen LogP contribution < -0.4 is 5.32 Å². The molecule has 4 heteroatoms. The first-order valence-electron chi connectivity index (χ1n) is 9.64. The summed E-state index contributed by atoms with van der Waals surface area (Å²) in [5, 5.41) is 6.90. The molecule has 0 spiro atoms. The van der Waals surface area contributed by atoms with Crippen molar-refractivity contribution in [2.45, 2.75) is 31.6 Å². The summed E-state index contributed by atoms with van der Waals surface area (Å²) in [6.07, 6.45) is 6.17. The molecule has 1 aromatic heterocycles. The van der Waals surface area contributed by atoms with E-state index in [1.165, 1.54) is 24.6 Å². The summed E-state index contributed by atoms with van der Waals surface area (Å²) in [7, 11) is 0. The van der Waals surface area contributed by atoms with Crippen LogP contribution in [0, 0.1) is 5.92 Å². The van der Waals surface area contributed by atoms with Gasteiger partial charge in [-0.1, -0.05) is 65.8 Å². The van der Waals surface area contributed by atoms with Gasteiger partial charge in [0.15, 0.2) is 5.76 Å². The highest BCUT2D eigenvalue weighted by atomic mass is 16.5. The van der Waals surface area contributed by atoms with E-state index in [0.29, 0.717) is 29.7 Å². The predicted molar refractivity (Wildman–Crippen MR) is 105 cm³/mol. The van der Waals surface area contributed by atoms with Crippen molar-refractivity contribution in [1.82, 2.24) is 10.5 Å². The molecule has 2 aromatic carbocycles. The number of hydrogen-bond donors (Lipinski definition) is 1. The predicted octanol–water partition coefficient (Wildman–Crippen LogP) is 5.05. The Bertz CT molecular complexity index is 866. The van der Waals surface area contributed by atoms with Crippen molar-refractivity contribution < 1.29 is 9.32 Å². The smallest absolute Gasteiger partial charge is 0.256 e. The largest absolute Gasteiger partial charge is 0.355 e. The minimum Gasteiger partial charge on any atom is -0.355 e. The third-order valence-corrected chi connectivity index (χ3v) is 5.52. The van der Waals surface area contributed by atoms with Gasteiger partial charge in [0.1, 0.15) is 5.56 Å². The van der Waals surface area contributed by atoms with Gasteiger partial charge in [-0.3, -0.25) is 4.79 Å². The third-order valence-electron chi connectivity index (χ3n) is 5.52. The van der Waals surface area contributed by atoms with Crippen molar-refractivity contribution in [2.75, 3.05) is 6.54 Å². The maximum Gasteiger partial charge on any atom is 0.256 e. The number of carbonyl (C=O) groups is 1.